The van der Waals surface area contributed by atoms with Gasteiger partial charge in [0, 0.05) is 6.04 Å². The van der Waals surface area contributed by atoms with Gasteiger partial charge in [0.15, 0.2) is 0 Å². The second-order valence-electron chi connectivity index (χ2n) is 5.06. The number of hydrazine groups is 1. The van der Waals surface area contributed by atoms with Crippen LogP contribution >= 0.6 is 0 Å². The predicted molar refractivity (Wildman–Crippen MR) is 70.9 cm³/mol. The van der Waals surface area contributed by atoms with E-state index in [0.29, 0.717) is 29.8 Å². The lowest BCUT2D eigenvalue weighted by molar-refractivity contribution is 0.0952. The molecule has 0 radical (unpaired) electrons. The Morgan fingerprint density at radius 2 is 2.11 bits per heavy atom. The van der Waals surface area contributed by atoms with E-state index in [2.05, 4.69) is 31.1 Å². The molecule has 1 amide bonds. The monoisotopic (exact) mass is 253 g/mol. The van der Waals surface area contributed by atoms with Crippen molar-refractivity contribution in [2.24, 2.45) is 11.8 Å². The highest BCUT2D eigenvalue weighted by Crippen LogP contribution is 2.18. The van der Waals surface area contributed by atoms with Crippen LogP contribution in [0, 0.1) is 12.8 Å². The lowest BCUT2D eigenvalue weighted by atomic mass is 10.1. The SMILES string of the molecule is Cc1oc(CN(C)C(C)C(C)C)cc1C(=O)NN. The number of nitrogens with zero attached hydrogens (tertiary/aromatic N) is 1. The van der Waals surface area contributed by atoms with Gasteiger partial charge in [-0.1, -0.05) is 13.8 Å². The quantitative estimate of drug-likeness (QED) is 0.475. The molecule has 0 aromatic carbocycles. The first-order valence-electron chi connectivity index (χ1n) is 6.17. The van der Waals surface area contributed by atoms with Gasteiger partial charge in [-0.25, -0.2) is 5.84 Å². The van der Waals surface area contributed by atoms with Gasteiger partial charge in [0.05, 0.1) is 12.1 Å². The van der Waals surface area contributed by atoms with Crippen molar-refractivity contribution in [2.45, 2.75) is 40.3 Å². The van der Waals surface area contributed by atoms with Gasteiger partial charge < -0.3 is 4.42 Å². The number of nitrogens with one attached hydrogen (secondary N) is 1. The lowest BCUT2D eigenvalue weighted by Gasteiger charge is -2.26. The first-order valence-corrected chi connectivity index (χ1v) is 6.17. The lowest BCUT2D eigenvalue weighted by Crippen LogP contribution is -2.32. The highest BCUT2D eigenvalue weighted by Gasteiger charge is 2.18. The average Bonchev–Trinajstić information content (AvgIpc) is 2.67. The van der Waals surface area contributed by atoms with Crippen molar-refractivity contribution in [2.75, 3.05) is 7.05 Å². The van der Waals surface area contributed by atoms with Crippen LogP contribution in [0.4, 0.5) is 0 Å². The predicted octanol–water partition coefficient (Wildman–Crippen LogP) is 1.67. The van der Waals surface area contributed by atoms with E-state index < -0.39 is 0 Å². The molecule has 1 heterocycles. The third kappa shape index (κ3) is 3.34. The minimum absolute atomic E-state index is 0.318. The Hall–Kier alpha value is -1.33. The minimum Gasteiger partial charge on any atom is -0.464 e. The molecule has 0 aliphatic heterocycles. The summed E-state index contributed by atoms with van der Waals surface area (Å²) in [5, 5.41) is 0. The Labute approximate surface area is 108 Å². The zero-order valence-electron chi connectivity index (χ0n) is 11.8. The summed E-state index contributed by atoms with van der Waals surface area (Å²) in [6.45, 7) is 8.98. The Kier molecular flexibility index (Phi) is 4.93. The molecule has 1 rings (SSSR count). The molecule has 18 heavy (non-hydrogen) atoms. The van der Waals surface area contributed by atoms with E-state index in [0.717, 1.165) is 5.76 Å². The molecule has 0 saturated carbocycles. The fourth-order valence-corrected chi connectivity index (χ4v) is 1.82. The Morgan fingerprint density at radius 1 is 1.50 bits per heavy atom. The van der Waals surface area contributed by atoms with Crippen molar-refractivity contribution in [1.82, 2.24) is 10.3 Å². The minimum atomic E-state index is -0.318. The van der Waals surface area contributed by atoms with Gasteiger partial charge in [-0.3, -0.25) is 15.1 Å². The van der Waals surface area contributed by atoms with Crippen LogP contribution in [-0.4, -0.2) is 23.9 Å². The molecule has 1 aromatic heterocycles. The Morgan fingerprint density at radius 3 is 2.61 bits per heavy atom. The molecule has 102 valence electrons. The van der Waals surface area contributed by atoms with Crippen LogP contribution in [-0.2, 0) is 6.54 Å². The van der Waals surface area contributed by atoms with Gasteiger partial charge in [0.1, 0.15) is 11.5 Å². The highest BCUT2D eigenvalue weighted by atomic mass is 16.3. The maximum Gasteiger partial charge on any atom is 0.268 e. The van der Waals surface area contributed by atoms with Crippen LogP contribution in [0.1, 0.15) is 42.6 Å². The van der Waals surface area contributed by atoms with Crippen LogP contribution in [0.3, 0.4) is 0 Å². The zero-order chi connectivity index (χ0) is 13.9. The molecule has 3 N–H and O–H groups in total. The molecule has 5 heteroatoms. The van der Waals surface area contributed by atoms with Crippen molar-refractivity contribution in [3.8, 4) is 0 Å². The van der Waals surface area contributed by atoms with E-state index in [4.69, 9.17) is 10.3 Å². The second-order valence-corrected chi connectivity index (χ2v) is 5.06. The molecular formula is C13H23N3O2. The largest absolute Gasteiger partial charge is 0.464 e. The molecule has 1 aromatic rings. The maximum atomic E-state index is 11.5. The Balaban J connectivity index is 2.77. The summed E-state index contributed by atoms with van der Waals surface area (Å²) in [6, 6.07) is 2.20. The molecule has 0 aliphatic carbocycles. The molecule has 0 saturated heterocycles. The first-order chi connectivity index (χ1) is 8.36. The van der Waals surface area contributed by atoms with Gasteiger partial charge in [0.25, 0.3) is 5.91 Å². The van der Waals surface area contributed by atoms with Crippen LogP contribution in [0.5, 0.6) is 0 Å². The van der Waals surface area contributed by atoms with Crippen molar-refractivity contribution in [3.63, 3.8) is 0 Å². The van der Waals surface area contributed by atoms with Crippen LogP contribution in [0.15, 0.2) is 10.5 Å². The van der Waals surface area contributed by atoms with E-state index in [-0.39, 0.29) is 5.91 Å². The summed E-state index contributed by atoms with van der Waals surface area (Å²) in [6.07, 6.45) is 0. The fraction of sp³-hybridized carbons (Fsp3) is 0.615. The molecule has 5 nitrogen and oxygen atoms in total. The second kappa shape index (κ2) is 6.02. The summed E-state index contributed by atoms with van der Waals surface area (Å²) in [5.74, 6) is 6.74. The van der Waals surface area contributed by atoms with Gasteiger partial charge >= 0.3 is 0 Å². The summed E-state index contributed by atoms with van der Waals surface area (Å²) < 4.78 is 5.58. The molecule has 0 fully saturated rings. The summed E-state index contributed by atoms with van der Waals surface area (Å²) in [4.78, 5) is 13.7. The fourth-order valence-electron chi connectivity index (χ4n) is 1.82. The number of hydrogen-bond acceptors (Lipinski definition) is 4. The van der Waals surface area contributed by atoms with Gasteiger partial charge in [-0.15, -0.1) is 0 Å². The van der Waals surface area contributed by atoms with Crippen LogP contribution in [0.2, 0.25) is 0 Å². The van der Waals surface area contributed by atoms with Gasteiger partial charge in [-0.05, 0) is 32.9 Å². The molecular weight excluding hydrogens is 230 g/mol. The topological polar surface area (TPSA) is 71.5 Å². The standard InChI is InChI=1S/C13H23N3O2/c1-8(2)9(3)16(5)7-11-6-12(10(4)18-11)13(17)15-14/h6,8-9H,7,14H2,1-5H3,(H,15,17). The van der Waals surface area contributed by atoms with Gasteiger partial charge in [-0.2, -0.15) is 0 Å². The number of carbonyl (C=O) groups excluding carboxylic acids is 1. The van der Waals surface area contributed by atoms with Crippen LogP contribution in [0.25, 0.3) is 0 Å². The highest BCUT2D eigenvalue weighted by molar-refractivity contribution is 5.94. The number of amides is 1. The summed E-state index contributed by atoms with van der Waals surface area (Å²) >= 11 is 0. The number of aryl methyl sites for hydroxylation is 1. The van der Waals surface area contributed by atoms with Crippen molar-refractivity contribution >= 4 is 5.91 Å². The zero-order valence-corrected chi connectivity index (χ0v) is 11.8. The average molecular weight is 253 g/mol. The van der Waals surface area contributed by atoms with Crippen molar-refractivity contribution in [1.29, 1.82) is 0 Å². The van der Waals surface area contributed by atoms with E-state index in [1.54, 1.807) is 13.0 Å². The number of nitrogens with two attached hydrogens (primary N) is 1. The van der Waals surface area contributed by atoms with Crippen LogP contribution < -0.4 is 11.3 Å². The number of rotatable bonds is 5. The van der Waals surface area contributed by atoms with E-state index in [1.165, 1.54) is 0 Å². The van der Waals surface area contributed by atoms with E-state index in [9.17, 15) is 4.79 Å². The smallest absolute Gasteiger partial charge is 0.268 e. The first kappa shape index (κ1) is 14.7. The molecule has 0 bridgehead atoms. The third-order valence-electron chi connectivity index (χ3n) is 3.41. The number of furan rings is 1. The maximum absolute atomic E-state index is 11.5. The molecule has 0 aliphatic rings. The number of nitrogen functional groups attached to an aromatic ring is 1. The van der Waals surface area contributed by atoms with Crippen molar-refractivity contribution < 1.29 is 9.21 Å². The normalized spacial score (nSPS) is 13.1. The summed E-state index contributed by atoms with van der Waals surface area (Å²) in [5.41, 5.74) is 2.62. The van der Waals surface area contributed by atoms with Crippen molar-refractivity contribution in [3.05, 3.63) is 23.2 Å². The molecule has 1 unspecified atom stereocenters. The van der Waals surface area contributed by atoms with E-state index in [1.807, 2.05) is 7.05 Å². The molecule has 0 spiro atoms. The number of hydrogen-bond donors (Lipinski definition) is 2. The Bertz CT molecular complexity index is 412. The van der Waals surface area contributed by atoms with E-state index >= 15 is 0 Å². The third-order valence-corrected chi connectivity index (χ3v) is 3.41. The number of carbonyl (C=O) groups is 1. The summed E-state index contributed by atoms with van der Waals surface area (Å²) in [7, 11) is 2.05. The molecule has 1 atom stereocenters. The van der Waals surface area contributed by atoms with Gasteiger partial charge in [0.2, 0.25) is 0 Å².